The minimum absolute atomic E-state index is 0.0299. The van der Waals surface area contributed by atoms with E-state index in [0.717, 1.165) is 18.0 Å². The molecule has 0 atom stereocenters. The Labute approximate surface area is 141 Å². The summed E-state index contributed by atoms with van der Waals surface area (Å²) < 4.78 is 5.40. The van der Waals surface area contributed by atoms with Crippen LogP contribution in [-0.2, 0) is 38.9 Å². The van der Waals surface area contributed by atoms with Gasteiger partial charge in [-0.25, -0.2) is 0 Å². The summed E-state index contributed by atoms with van der Waals surface area (Å²) in [5, 5.41) is 3.94. The molecule has 0 spiro atoms. The van der Waals surface area contributed by atoms with Crippen LogP contribution in [0.25, 0.3) is 0 Å². The van der Waals surface area contributed by atoms with Crippen molar-refractivity contribution in [2.75, 3.05) is 26.8 Å². The van der Waals surface area contributed by atoms with Gasteiger partial charge in [-0.2, -0.15) is 0 Å². The number of hydrogen-bond donors (Lipinski definition) is 2. The molecule has 0 saturated carbocycles. The molecule has 0 aromatic rings. The van der Waals surface area contributed by atoms with Crippen LogP contribution in [0.2, 0.25) is 6.85 Å². The molecule has 6 nitrogen and oxygen atoms in total. The van der Waals surface area contributed by atoms with Gasteiger partial charge in [0.05, 0.1) is 0 Å². The molecule has 0 aliphatic heterocycles. The third-order valence-electron chi connectivity index (χ3n) is 2.79. The number of nitrogens with one attached hydrogen (secondary N) is 1. The van der Waals surface area contributed by atoms with Crippen molar-refractivity contribution in [2.24, 2.45) is 5.84 Å². The molecule has 122 valence electrons. The van der Waals surface area contributed by atoms with Crippen molar-refractivity contribution in [1.82, 2.24) is 10.3 Å². The van der Waals surface area contributed by atoms with Gasteiger partial charge in [0.15, 0.2) is 0 Å². The number of amides is 2. The first-order valence-electron chi connectivity index (χ1n) is 7.68. The van der Waals surface area contributed by atoms with Crippen LogP contribution < -0.4 is 11.2 Å². The summed E-state index contributed by atoms with van der Waals surface area (Å²) in [6.45, 7) is 11.6. The first-order chi connectivity index (χ1) is 9.81. The van der Waals surface area contributed by atoms with E-state index in [-0.39, 0.29) is 11.8 Å². The van der Waals surface area contributed by atoms with Crippen LogP contribution in [0, 0.1) is 0 Å². The molecule has 0 aromatic heterocycles. The molecular weight excluding hydrogens is 459 g/mol. The number of carbonyl (C=O) groups is 2. The van der Waals surface area contributed by atoms with Crippen molar-refractivity contribution in [3.05, 3.63) is 0 Å². The fraction of sp³-hybridized carbons (Fsp3) is 0.857. The van der Waals surface area contributed by atoms with Gasteiger partial charge in [-0.3, -0.25) is 0 Å². The maximum atomic E-state index is 11.8. The van der Waals surface area contributed by atoms with E-state index in [0.29, 0.717) is 17.1 Å². The van der Waals surface area contributed by atoms with E-state index >= 15 is 0 Å². The summed E-state index contributed by atoms with van der Waals surface area (Å²) in [6, 6.07) is 0. The van der Waals surface area contributed by atoms with E-state index in [1.54, 1.807) is 7.05 Å². The van der Waals surface area contributed by atoms with E-state index in [1.165, 1.54) is 0 Å². The standard InChI is InChI=1S/C7H14NO2.C5H11N2O.C2H6.Hg/c1-3-5-10-6-4-8-7(2)9;1-4(2)5(8)7(3)6;1-2;/h2-6H2,1H3,(H,8,9);6H2,1-3H3;1-2H3;. The number of rotatable bonds is 9. The van der Waals surface area contributed by atoms with Crippen LogP contribution in [0.15, 0.2) is 0 Å². The number of nitrogens with zero attached hydrogens (tertiary/aromatic N) is 1. The van der Waals surface area contributed by atoms with E-state index in [2.05, 4.69) is 5.32 Å². The van der Waals surface area contributed by atoms with Gasteiger partial charge in [0.1, 0.15) is 0 Å². The van der Waals surface area contributed by atoms with Crippen LogP contribution in [0.3, 0.4) is 0 Å². The number of ether oxygens (including phenoxy) is 1. The second-order valence-corrected chi connectivity index (χ2v) is 16.0. The summed E-state index contributed by atoms with van der Waals surface area (Å²) in [7, 11) is 1.54. The van der Waals surface area contributed by atoms with Gasteiger partial charge in [0.25, 0.3) is 0 Å². The van der Waals surface area contributed by atoms with E-state index < -0.39 is 27.5 Å². The Morgan fingerprint density at radius 3 is 2.33 bits per heavy atom. The normalized spacial score (nSPS) is 10.0. The summed E-state index contributed by atoms with van der Waals surface area (Å²) in [4.78, 5) is 23.5. The fourth-order valence-corrected chi connectivity index (χ4v) is 7.41. The molecule has 0 fully saturated rings. The first-order valence-corrected chi connectivity index (χ1v) is 14.3. The van der Waals surface area contributed by atoms with E-state index in [4.69, 9.17) is 10.6 Å². The average molecular weight is 490 g/mol. The molecule has 21 heavy (non-hydrogen) atoms. The Bertz CT molecular complexity index is 297. The van der Waals surface area contributed by atoms with Crippen molar-refractivity contribution < 1.29 is 38.9 Å². The van der Waals surface area contributed by atoms with Crippen LogP contribution >= 0.6 is 0 Å². The Hall–Kier alpha value is -0.205. The van der Waals surface area contributed by atoms with Gasteiger partial charge < -0.3 is 0 Å². The quantitative estimate of drug-likeness (QED) is 0.169. The molecule has 2 amide bonds. The first kappa shape index (κ1) is 23.1. The van der Waals surface area contributed by atoms with Crippen molar-refractivity contribution in [3.8, 4) is 0 Å². The summed E-state index contributed by atoms with van der Waals surface area (Å²) in [5.41, 5.74) is 0. The molecule has 0 heterocycles. The molecule has 0 unspecified atom stereocenters. The number of carbonyl (C=O) groups excluding carboxylic acids is 2. The van der Waals surface area contributed by atoms with Crippen LogP contribution in [0.5, 0.6) is 0 Å². The molecule has 0 aliphatic rings. The zero-order valence-corrected chi connectivity index (χ0v) is 20.0. The van der Waals surface area contributed by atoms with Gasteiger partial charge in [0, 0.05) is 0 Å². The molecule has 0 radical (unpaired) electrons. The SMILES string of the molecule is CC.CCCOCCNC(=O)[CH2][Hg][C](C)(C)C(=O)N(C)N. The second-order valence-electron chi connectivity index (χ2n) is 5.26. The molecule has 0 rings (SSSR count). The van der Waals surface area contributed by atoms with E-state index in [9.17, 15) is 9.59 Å². The molecule has 3 N–H and O–H groups in total. The number of hydrogen-bond acceptors (Lipinski definition) is 4. The molecule has 0 aliphatic carbocycles. The van der Waals surface area contributed by atoms with Gasteiger partial charge >= 0.3 is 128 Å². The monoisotopic (exact) mass is 491 g/mol. The summed E-state index contributed by atoms with van der Waals surface area (Å²) >= 11 is -1.67. The zero-order valence-electron chi connectivity index (χ0n) is 14.5. The Morgan fingerprint density at radius 2 is 1.86 bits per heavy atom. The molecule has 0 aromatic carbocycles. The molecule has 0 saturated heterocycles. The van der Waals surface area contributed by atoms with Crippen molar-refractivity contribution in [2.45, 2.75) is 47.9 Å². The van der Waals surface area contributed by atoms with Gasteiger partial charge in [-0.15, -0.1) is 0 Å². The summed E-state index contributed by atoms with van der Waals surface area (Å²) in [6.07, 6.45) is 0.980. The predicted molar refractivity (Wildman–Crippen MR) is 81.3 cm³/mol. The van der Waals surface area contributed by atoms with Gasteiger partial charge in [-0.1, -0.05) is 13.8 Å². The second kappa shape index (κ2) is 13.5. The molecule has 0 bridgehead atoms. The molecule has 7 heteroatoms. The van der Waals surface area contributed by atoms with Crippen molar-refractivity contribution in [1.29, 1.82) is 0 Å². The minimum atomic E-state index is -1.67. The average Bonchev–Trinajstić information content (AvgIpc) is 2.46. The van der Waals surface area contributed by atoms with Crippen LogP contribution in [0.4, 0.5) is 0 Å². The third-order valence-corrected chi connectivity index (χ3v) is 11.6. The Balaban J connectivity index is 0. The van der Waals surface area contributed by atoms with Crippen molar-refractivity contribution >= 4 is 11.8 Å². The predicted octanol–water partition coefficient (Wildman–Crippen LogP) is 1.59. The topological polar surface area (TPSA) is 84.7 Å². The van der Waals surface area contributed by atoms with Crippen molar-refractivity contribution in [3.63, 3.8) is 0 Å². The summed E-state index contributed by atoms with van der Waals surface area (Å²) in [5.74, 6) is 5.41. The maximum absolute atomic E-state index is 11.8. The Morgan fingerprint density at radius 1 is 1.29 bits per heavy atom. The third kappa shape index (κ3) is 12.1. The van der Waals surface area contributed by atoms with Gasteiger partial charge in [0.2, 0.25) is 0 Å². The molecular formula is C14H31HgN3O3. The van der Waals surface area contributed by atoms with Gasteiger partial charge in [-0.05, 0) is 0 Å². The van der Waals surface area contributed by atoms with Crippen LogP contribution in [-0.4, -0.2) is 43.6 Å². The van der Waals surface area contributed by atoms with Crippen LogP contribution in [0.1, 0.15) is 41.0 Å². The Kier molecular flexibility index (Phi) is 14.8. The van der Waals surface area contributed by atoms with E-state index in [1.807, 2.05) is 34.6 Å². The zero-order chi connectivity index (χ0) is 16.9. The number of nitrogens with two attached hydrogens (primary N) is 1. The number of hydrazine groups is 1. The fourth-order valence-electron chi connectivity index (χ4n) is 1.61.